The minimum absolute atomic E-state index is 0.106. The average Bonchev–Trinajstić information content (AvgIpc) is 3.40. The van der Waals surface area contributed by atoms with Crippen molar-refractivity contribution in [3.8, 4) is 0 Å². The number of urea groups is 1. The van der Waals surface area contributed by atoms with Crippen molar-refractivity contribution in [1.29, 1.82) is 0 Å². The molecule has 1 aliphatic heterocycles. The number of anilines is 1. The van der Waals surface area contributed by atoms with Crippen LogP contribution in [0, 0.1) is 5.92 Å². The second kappa shape index (κ2) is 6.93. The normalized spacial score (nSPS) is 18.6. The van der Waals surface area contributed by atoms with Crippen molar-refractivity contribution in [1.82, 2.24) is 20.2 Å². The molecule has 2 fully saturated rings. The second-order valence-corrected chi connectivity index (χ2v) is 6.21. The van der Waals surface area contributed by atoms with Gasteiger partial charge in [0, 0.05) is 31.5 Å². The van der Waals surface area contributed by atoms with Crippen LogP contribution in [-0.4, -0.2) is 45.9 Å². The predicted octanol–water partition coefficient (Wildman–Crippen LogP) is 1.56. The first-order chi connectivity index (χ1) is 11.2. The van der Waals surface area contributed by atoms with Gasteiger partial charge in [-0.2, -0.15) is 0 Å². The molecule has 2 N–H and O–H groups in total. The smallest absolute Gasteiger partial charge is 0.319 e. The largest absolute Gasteiger partial charge is 0.342 e. The number of rotatable bonds is 4. The zero-order valence-electron chi connectivity index (χ0n) is 13.4. The highest BCUT2D eigenvalue weighted by molar-refractivity contribution is 5.89. The summed E-state index contributed by atoms with van der Waals surface area (Å²) in [6.07, 6.45) is 7.68. The third kappa shape index (κ3) is 4.18. The SMILES string of the molecule is CCc1ncc(NC(=O)NC2CCN(C(=O)C3CC3)CC2)cn1. The van der Waals surface area contributed by atoms with E-state index in [9.17, 15) is 9.59 Å². The molecule has 0 atom stereocenters. The molecule has 3 amide bonds. The Morgan fingerprint density at radius 1 is 1.17 bits per heavy atom. The number of nitrogens with zero attached hydrogens (tertiary/aromatic N) is 3. The molecule has 1 aromatic heterocycles. The molecule has 0 aromatic carbocycles. The number of carbonyl (C=O) groups excluding carboxylic acids is 2. The number of amides is 3. The lowest BCUT2D eigenvalue weighted by Gasteiger charge is -2.32. The number of aryl methyl sites for hydroxylation is 1. The maximum Gasteiger partial charge on any atom is 0.319 e. The van der Waals surface area contributed by atoms with Crippen LogP contribution in [0.15, 0.2) is 12.4 Å². The highest BCUT2D eigenvalue weighted by atomic mass is 16.2. The lowest BCUT2D eigenvalue weighted by atomic mass is 10.0. The summed E-state index contributed by atoms with van der Waals surface area (Å²) < 4.78 is 0. The molecule has 23 heavy (non-hydrogen) atoms. The fraction of sp³-hybridized carbons (Fsp3) is 0.625. The predicted molar refractivity (Wildman–Crippen MR) is 85.9 cm³/mol. The summed E-state index contributed by atoms with van der Waals surface area (Å²) in [6, 6.07) is -0.140. The van der Waals surface area contributed by atoms with Crippen LogP contribution in [0.2, 0.25) is 0 Å². The van der Waals surface area contributed by atoms with E-state index >= 15 is 0 Å². The first-order valence-corrected chi connectivity index (χ1v) is 8.33. The first-order valence-electron chi connectivity index (χ1n) is 8.33. The number of piperidine rings is 1. The number of hydrogen-bond donors (Lipinski definition) is 2. The summed E-state index contributed by atoms with van der Waals surface area (Å²) in [5, 5.41) is 5.70. The molecule has 0 bridgehead atoms. The average molecular weight is 317 g/mol. The molecule has 7 heteroatoms. The molecule has 2 aliphatic rings. The molecule has 1 aliphatic carbocycles. The van der Waals surface area contributed by atoms with E-state index in [2.05, 4.69) is 20.6 Å². The number of nitrogens with one attached hydrogen (secondary N) is 2. The van der Waals surface area contributed by atoms with Crippen molar-refractivity contribution < 1.29 is 9.59 Å². The Bertz CT molecular complexity index is 562. The quantitative estimate of drug-likeness (QED) is 0.882. The Balaban J connectivity index is 1.42. The van der Waals surface area contributed by atoms with Crippen molar-refractivity contribution in [2.45, 2.75) is 45.1 Å². The minimum Gasteiger partial charge on any atom is -0.342 e. The van der Waals surface area contributed by atoms with Crippen LogP contribution in [0.1, 0.15) is 38.4 Å². The lowest BCUT2D eigenvalue weighted by Crippen LogP contribution is -2.47. The van der Waals surface area contributed by atoms with Gasteiger partial charge in [0.1, 0.15) is 5.82 Å². The molecule has 3 rings (SSSR count). The molecular formula is C16H23N5O2. The Hall–Kier alpha value is -2.18. The van der Waals surface area contributed by atoms with E-state index in [1.165, 1.54) is 0 Å². The van der Waals surface area contributed by atoms with Gasteiger partial charge in [-0.05, 0) is 25.7 Å². The summed E-state index contributed by atoms with van der Waals surface area (Å²) in [5.41, 5.74) is 0.584. The third-order valence-corrected chi connectivity index (χ3v) is 4.35. The molecule has 124 valence electrons. The van der Waals surface area contributed by atoms with Crippen LogP contribution >= 0.6 is 0 Å². The number of aromatic nitrogens is 2. The Labute approximate surface area is 135 Å². The van der Waals surface area contributed by atoms with Crippen molar-refractivity contribution in [2.24, 2.45) is 5.92 Å². The molecule has 2 heterocycles. The lowest BCUT2D eigenvalue weighted by molar-refractivity contribution is -0.133. The van der Waals surface area contributed by atoms with E-state index in [1.807, 2.05) is 11.8 Å². The van der Waals surface area contributed by atoms with Crippen LogP contribution in [0.3, 0.4) is 0 Å². The molecule has 1 saturated carbocycles. The van der Waals surface area contributed by atoms with Crippen LogP contribution in [-0.2, 0) is 11.2 Å². The van der Waals surface area contributed by atoms with Crippen LogP contribution in [0.4, 0.5) is 10.5 Å². The summed E-state index contributed by atoms with van der Waals surface area (Å²) in [4.78, 5) is 34.2. The van der Waals surface area contributed by atoms with Gasteiger partial charge in [-0.15, -0.1) is 0 Å². The van der Waals surface area contributed by atoms with E-state index in [0.717, 1.165) is 51.0 Å². The number of hydrogen-bond acceptors (Lipinski definition) is 4. The van der Waals surface area contributed by atoms with Crippen molar-refractivity contribution >= 4 is 17.6 Å². The topological polar surface area (TPSA) is 87.2 Å². The molecule has 0 radical (unpaired) electrons. The zero-order chi connectivity index (χ0) is 16.2. The van der Waals surface area contributed by atoms with Gasteiger partial charge in [0.15, 0.2) is 0 Å². The van der Waals surface area contributed by atoms with Crippen LogP contribution in [0.25, 0.3) is 0 Å². The van der Waals surface area contributed by atoms with Gasteiger partial charge in [0.2, 0.25) is 5.91 Å². The maximum atomic E-state index is 12.0. The van der Waals surface area contributed by atoms with Gasteiger partial charge in [-0.25, -0.2) is 14.8 Å². The molecule has 0 unspecified atom stereocenters. The maximum absolute atomic E-state index is 12.0. The standard InChI is InChI=1S/C16H23N5O2/c1-2-14-17-9-13(10-18-14)20-16(23)19-12-5-7-21(8-6-12)15(22)11-3-4-11/h9-12H,2-8H2,1H3,(H2,19,20,23). The van der Waals surface area contributed by atoms with Gasteiger partial charge in [0.25, 0.3) is 0 Å². The van der Waals surface area contributed by atoms with Gasteiger partial charge in [-0.3, -0.25) is 4.79 Å². The fourth-order valence-electron chi connectivity index (χ4n) is 2.79. The van der Waals surface area contributed by atoms with Crippen LogP contribution < -0.4 is 10.6 Å². The van der Waals surface area contributed by atoms with Gasteiger partial charge < -0.3 is 15.5 Å². The highest BCUT2D eigenvalue weighted by Crippen LogP contribution is 2.31. The summed E-state index contributed by atoms with van der Waals surface area (Å²) >= 11 is 0. The minimum atomic E-state index is -0.246. The number of carbonyl (C=O) groups is 2. The molecular weight excluding hydrogens is 294 g/mol. The van der Waals surface area contributed by atoms with E-state index < -0.39 is 0 Å². The van der Waals surface area contributed by atoms with Gasteiger partial charge in [-0.1, -0.05) is 6.92 Å². The molecule has 0 spiro atoms. The summed E-state index contributed by atoms with van der Waals surface area (Å²) in [6.45, 7) is 3.44. The van der Waals surface area contributed by atoms with Gasteiger partial charge in [0.05, 0.1) is 18.1 Å². The second-order valence-electron chi connectivity index (χ2n) is 6.21. The van der Waals surface area contributed by atoms with E-state index in [-0.39, 0.29) is 18.0 Å². The van der Waals surface area contributed by atoms with E-state index in [1.54, 1.807) is 12.4 Å². The third-order valence-electron chi connectivity index (χ3n) is 4.35. The molecule has 1 aromatic rings. The Morgan fingerprint density at radius 2 is 1.83 bits per heavy atom. The first kappa shape index (κ1) is 15.7. The number of likely N-dealkylation sites (tertiary alicyclic amines) is 1. The fourth-order valence-corrected chi connectivity index (χ4v) is 2.79. The molecule has 7 nitrogen and oxygen atoms in total. The van der Waals surface area contributed by atoms with E-state index in [0.29, 0.717) is 11.6 Å². The van der Waals surface area contributed by atoms with Crippen molar-refractivity contribution in [2.75, 3.05) is 18.4 Å². The van der Waals surface area contributed by atoms with Crippen molar-refractivity contribution in [3.63, 3.8) is 0 Å². The summed E-state index contributed by atoms with van der Waals surface area (Å²) in [5.74, 6) is 1.32. The van der Waals surface area contributed by atoms with Gasteiger partial charge >= 0.3 is 6.03 Å². The Kier molecular flexibility index (Phi) is 4.73. The van der Waals surface area contributed by atoms with Crippen LogP contribution in [0.5, 0.6) is 0 Å². The summed E-state index contributed by atoms with van der Waals surface area (Å²) in [7, 11) is 0. The highest BCUT2D eigenvalue weighted by Gasteiger charge is 2.35. The Morgan fingerprint density at radius 3 is 2.39 bits per heavy atom. The van der Waals surface area contributed by atoms with Crippen molar-refractivity contribution in [3.05, 3.63) is 18.2 Å². The monoisotopic (exact) mass is 317 g/mol. The molecule has 1 saturated heterocycles. The van der Waals surface area contributed by atoms with E-state index in [4.69, 9.17) is 0 Å². The zero-order valence-corrected chi connectivity index (χ0v) is 13.4.